The normalized spacial score (nSPS) is 12.7. The van der Waals surface area contributed by atoms with E-state index in [1.807, 2.05) is 12.1 Å². The molecule has 0 unspecified atom stereocenters. The van der Waals surface area contributed by atoms with Gasteiger partial charge in [-0.2, -0.15) is 0 Å². The van der Waals surface area contributed by atoms with Crippen LogP contribution in [-0.4, -0.2) is 0 Å². The smallest absolute Gasteiger partial charge is 0.872 e. The maximum atomic E-state index is 13.5. The molecule has 0 aliphatic carbocycles. The quantitative estimate of drug-likeness (QED) is 0.607. The van der Waals surface area contributed by atoms with Crippen LogP contribution >= 0.6 is 0 Å². The van der Waals surface area contributed by atoms with Crippen LogP contribution in [0.3, 0.4) is 0 Å². The van der Waals surface area contributed by atoms with Crippen LogP contribution < -0.4 is 69.3 Å². The van der Waals surface area contributed by atoms with Crippen molar-refractivity contribution in [3.8, 4) is 11.5 Å². The van der Waals surface area contributed by atoms with E-state index in [1.165, 1.54) is 0 Å². The van der Waals surface area contributed by atoms with E-state index >= 15 is 0 Å². The summed E-state index contributed by atoms with van der Waals surface area (Å²) in [6.45, 7) is 25.5. The molecule has 2 nitrogen and oxygen atoms in total. The molecule has 0 fully saturated rings. The second-order valence-electron chi connectivity index (χ2n) is 13.2. The minimum atomic E-state index is -0.253. The van der Waals surface area contributed by atoms with Crippen LogP contribution in [0.15, 0.2) is 24.3 Å². The van der Waals surface area contributed by atoms with Gasteiger partial charge in [0, 0.05) is 0 Å². The van der Waals surface area contributed by atoms with E-state index in [-0.39, 0.29) is 92.3 Å². The van der Waals surface area contributed by atoms with E-state index in [1.54, 1.807) is 0 Å². The van der Waals surface area contributed by atoms with Gasteiger partial charge < -0.3 is 10.2 Å². The molecule has 0 aliphatic rings. The molecule has 0 aromatic heterocycles. The summed E-state index contributed by atoms with van der Waals surface area (Å²) in [6, 6.07) is 8.18. The van der Waals surface area contributed by atoms with Crippen molar-refractivity contribution in [2.24, 2.45) is 0 Å². The van der Waals surface area contributed by atoms with Gasteiger partial charge in [-0.3, -0.25) is 0 Å². The first-order chi connectivity index (χ1) is 13.7. The van der Waals surface area contributed by atoms with Crippen LogP contribution in [0.1, 0.15) is 116 Å². The van der Waals surface area contributed by atoms with Gasteiger partial charge in [0.05, 0.1) is 0 Å². The predicted molar refractivity (Wildman–Crippen MR) is 129 cm³/mol. The second-order valence-corrected chi connectivity index (χ2v) is 13.2. The molecule has 0 aliphatic heterocycles. The van der Waals surface area contributed by atoms with Crippen LogP contribution in [0.4, 0.5) is 0 Å². The number of rotatable bonds is 2. The molecule has 0 spiro atoms. The van der Waals surface area contributed by atoms with E-state index in [9.17, 15) is 10.2 Å². The molecule has 0 bridgehead atoms. The van der Waals surface area contributed by atoms with Crippen LogP contribution in [-0.2, 0) is 28.1 Å². The summed E-state index contributed by atoms with van der Waals surface area (Å²) in [5.41, 5.74) is 4.72. The van der Waals surface area contributed by atoms with Crippen molar-refractivity contribution >= 4 is 0 Å². The average Bonchev–Trinajstić information content (AvgIpc) is 2.53. The van der Waals surface area contributed by atoms with Crippen molar-refractivity contribution < 1.29 is 69.3 Å². The molecule has 0 radical (unpaired) electrons. The van der Waals surface area contributed by atoms with Crippen LogP contribution in [0, 0.1) is 0 Å². The maximum absolute atomic E-state index is 13.5. The first-order valence-corrected chi connectivity index (χ1v) is 11.4. The molecular formula is C29H42Na2O2. The number of hydrogen-bond acceptors (Lipinski definition) is 2. The summed E-state index contributed by atoms with van der Waals surface area (Å²) in [5.74, 6) is 0.136. The largest absolute Gasteiger partial charge is 1.00 e. The molecule has 33 heavy (non-hydrogen) atoms. The fourth-order valence-corrected chi connectivity index (χ4v) is 3.83. The van der Waals surface area contributed by atoms with Gasteiger partial charge in [-0.25, -0.2) is 0 Å². The average molecular weight is 469 g/mol. The minimum Gasteiger partial charge on any atom is -0.872 e. The molecule has 0 N–H and O–H groups in total. The van der Waals surface area contributed by atoms with Gasteiger partial charge in [-0.15, -0.1) is 11.5 Å². The van der Waals surface area contributed by atoms with E-state index in [2.05, 4.69) is 95.2 Å². The standard InChI is InChI=1S/C29H44O2.2Na/c1-26(2,3)20-14-18(24(30)22(16-20)28(7,8)9)13-19-15-21(27(4,5)6)17-23(25(19)31)29(10,11)12;;/h14-17,30-31H,13H2,1-12H3;;/q;2*+1/p-2. The Morgan fingerprint density at radius 1 is 0.485 bits per heavy atom. The van der Waals surface area contributed by atoms with Crippen LogP contribution in [0.2, 0.25) is 0 Å². The summed E-state index contributed by atoms with van der Waals surface area (Å²) < 4.78 is 0. The summed E-state index contributed by atoms with van der Waals surface area (Å²) in [4.78, 5) is 0. The first kappa shape index (κ1) is 33.0. The van der Waals surface area contributed by atoms with Crippen molar-refractivity contribution in [1.82, 2.24) is 0 Å². The summed E-state index contributed by atoms with van der Waals surface area (Å²) in [5, 5.41) is 26.9. The zero-order valence-corrected chi connectivity index (χ0v) is 27.8. The van der Waals surface area contributed by atoms with Crippen molar-refractivity contribution in [3.63, 3.8) is 0 Å². The summed E-state index contributed by atoms with van der Waals surface area (Å²) in [7, 11) is 0. The Morgan fingerprint density at radius 2 is 0.758 bits per heavy atom. The van der Waals surface area contributed by atoms with Gasteiger partial charge in [-0.1, -0.05) is 118 Å². The van der Waals surface area contributed by atoms with E-state index in [4.69, 9.17) is 0 Å². The molecule has 0 atom stereocenters. The fraction of sp³-hybridized carbons (Fsp3) is 0.586. The van der Waals surface area contributed by atoms with Gasteiger partial charge in [-0.05, 0) is 50.3 Å². The Labute approximate surface area is 247 Å². The van der Waals surface area contributed by atoms with Gasteiger partial charge in [0.25, 0.3) is 0 Å². The third-order valence-electron chi connectivity index (χ3n) is 6.06. The SMILES string of the molecule is CC(C)(C)c1cc(Cc2cc(C(C)(C)C)cc(C(C)(C)C)c2[O-])c([O-])c(C(C)(C)C)c1.[Na+].[Na+]. The first-order valence-electron chi connectivity index (χ1n) is 11.4. The van der Waals surface area contributed by atoms with Gasteiger partial charge in [0.1, 0.15) is 0 Å². The van der Waals surface area contributed by atoms with E-state index in [0.29, 0.717) is 6.42 Å². The minimum absolute atomic E-state index is 0. The fourth-order valence-electron chi connectivity index (χ4n) is 3.83. The third-order valence-corrected chi connectivity index (χ3v) is 6.06. The van der Waals surface area contributed by atoms with Crippen LogP contribution in [0.25, 0.3) is 0 Å². The molecule has 2 rings (SSSR count). The van der Waals surface area contributed by atoms with Gasteiger partial charge >= 0.3 is 59.1 Å². The van der Waals surface area contributed by atoms with E-state index in [0.717, 1.165) is 33.4 Å². The topological polar surface area (TPSA) is 46.1 Å². The molecule has 0 heterocycles. The van der Waals surface area contributed by atoms with Crippen LogP contribution in [0.5, 0.6) is 11.5 Å². The van der Waals surface area contributed by atoms with Gasteiger partial charge in [0.15, 0.2) is 0 Å². The maximum Gasteiger partial charge on any atom is 1.00 e. The molecule has 172 valence electrons. The van der Waals surface area contributed by atoms with Crippen molar-refractivity contribution in [2.75, 3.05) is 0 Å². The molecule has 4 heteroatoms. The zero-order chi connectivity index (χ0) is 24.2. The van der Waals surface area contributed by atoms with Gasteiger partial charge in [0.2, 0.25) is 0 Å². The van der Waals surface area contributed by atoms with Crippen molar-refractivity contribution in [2.45, 2.75) is 111 Å². The number of benzene rings is 2. The Bertz CT molecular complexity index is 884. The predicted octanol–water partition coefficient (Wildman–Crippen LogP) is 0.623. The summed E-state index contributed by atoms with van der Waals surface area (Å²) in [6.07, 6.45) is 0.373. The molecular weight excluding hydrogens is 426 g/mol. The molecule has 0 saturated heterocycles. The third kappa shape index (κ3) is 8.02. The van der Waals surface area contributed by atoms with Crippen molar-refractivity contribution in [1.29, 1.82) is 0 Å². The Hall–Kier alpha value is 0.0400. The molecule has 0 amide bonds. The zero-order valence-electron chi connectivity index (χ0n) is 23.8. The Kier molecular flexibility index (Phi) is 11.0. The van der Waals surface area contributed by atoms with E-state index < -0.39 is 0 Å². The monoisotopic (exact) mass is 468 g/mol. The molecule has 0 saturated carbocycles. The Morgan fingerprint density at radius 3 is 0.970 bits per heavy atom. The number of hydrogen-bond donors (Lipinski definition) is 0. The Balaban J connectivity index is 0.00000512. The van der Waals surface area contributed by atoms with Crippen molar-refractivity contribution in [3.05, 3.63) is 57.6 Å². The second kappa shape index (κ2) is 11.0. The summed E-state index contributed by atoms with van der Waals surface area (Å²) >= 11 is 0. The molecule has 2 aromatic rings. The molecule has 2 aromatic carbocycles.